The van der Waals surface area contributed by atoms with Crippen LogP contribution in [-0.2, 0) is 19.4 Å². The van der Waals surface area contributed by atoms with Gasteiger partial charge in [0.05, 0.1) is 4.90 Å². The Morgan fingerprint density at radius 2 is 1.69 bits per heavy atom. The molecule has 3 aliphatic heterocycles. The zero-order valence-electron chi connectivity index (χ0n) is 19.6. The molecule has 1 amide bonds. The van der Waals surface area contributed by atoms with Crippen molar-refractivity contribution < 1.29 is 37.4 Å². The maximum atomic E-state index is 13.4. The number of anilines is 1. The van der Waals surface area contributed by atoms with E-state index in [1.54, 1.807) is 17.6 Å². The molecule has 2 aromatic carbocycles. The highest BCUT2D eigenvalue weighted by Gasteiger charge is 2.52. The molecule has 0 bridgehead atoms. The van der Waals surface area contributed by atoms with Crippen molar-refractivity contribution in [3.8, 4) is 17.2 Å². The molecule has 5 rings (SSSR count). The van der Waals surface area contributed by atoms with Crippen molar-refractivity contribution in [2.45, 2.75) is 41.4 Å². The number of piperidine rings is 1. The number of hydrogen-bond acceptors (Lipinski definition) is 9. The van der Waals surface area contributed by atoms with Crippen molar-refractivity contribution >= 4 is 33.8 Å². The summed E-state index contributed by atoms with van der Waals surface area (Å²) in [5, 5.41) is 9.20. The number of carbonyl (C=O) groups excluding carboxylic acids is 1. The third-order valence-corrected chi connectivity index (χ3v) is 9.45. The number of sulfone groups is 1. The van der Waals surface area contributed by atoms with Crippen LogP contribution in [0.15, 0.2) is 47.4 Å². The predicted octanol–water partition coefficient (Wildman–Crippen LogP) is 2.71. The van der Waals surface area contributed by atoms with Crippen molar-refractivity contribution in [1.82, 2.24) is 5.48 Å². The lowest BCUT2D eigenvalue weighted by Crippen LogP contribution is -2.54. The summed E-state index contributed by atoms with van der Waals surface area (Å²) in [5.74, 6) is 1.23. The Morgan fingerprint density at radius 3 is 2.36 bits per heavy atom. The molecule has 0 aliphatic carbocycles. The maximum absolute atomic E-state index is 13.4. The van der Waals surface area contributed by atoms with Crippen LogP contribution in [0.3, 0.4) is 0 Å². The summed E-state index contributed by atoms with van der Waals surface area (Å²) < 4.78 is 47.2. The number of nitrogens with zero attached hydrogens (tertiary/aromatic N) is 1. The van der Waals surface area contributed by atoms with E-state index >= 15 is 0 Å². The Balaban J connectivity index is 0.00000304. The van der Waals surface area contributed by atoms with Gasteiger partial charge in [0.25, 0.3) is 5.91 Å². The molecule has 10 nitrogen and oxygen atoms in total. The van der Waals surface area contributed by atoms with Crippen LogP contribution in [0.2, 0.25) is 0 Å². The van der Waals surface area contributed by atoms with Crippen LogP contribution in [0.25, 0.3) is 0 Å². The predicted molar refractivity (Wildman–Crippen MR) is 132 cm³/mol. The van der Waals surface area contributed by atoms with Crippen molar-refractivity contribution in [1.29, 1.82) is 0 Å². The summed E-state index contributed by atoms with van der Waals surface area (Å²) in [6, 6.07) is 12.1. The maximum Gasteiger partial charge on any atom is 0.265 e. The van der Waals surface area contributed by atoms with Crippen molar-refractivity contribution in [3.05, 3.63) is 42.5 Å². The molecule has 0 aromatic heterocycles. The van der Waals surface area contributed by atoms with Crippen molar-refractivity contribution in [2.24, 2.45) is 0 Å². The van der Waals surface area contributed by atoms with Gasteiger partial charge < -0.3 is 23.8 Å². The Kier molecular flexibility index (Phi) is 7.84. The van der Waals surface area contributed by atoms with Gasteiger partial charge in [0.2, 0.25) is 6.79 Å². The number of hydrogen-bond donors (Lipinski definition) is 2. The second-order valence-electron chi connectivity index (χ2n) is 8.86. The fourth-order valence-corrected chi connectivity index (χ4v) is 6.80. The Bertz CT molecular complexity index is 1180. The van der Waals surface area contributed by atoms with Gasteiger partial charge in [0.15, 0.2) is 26.1 Å². The topological polar surface area (TPSA) is 124 Å². The molecule has 0 radical (unpaired) electrons. The molecular weight excluding hydrogens is 512 g/mol. The lowest BCUT2D eigenvalue weighted by molar-refractivity contribution is -0.134. The van der Waals surface area contributed by atoms with Gasteiger partial charge in [-0.2, -0.15) is 0 Å². The van der Waals surface area contributed by atoms with Gasteiger partial charge in [-0.1, -0.05) is 0 Å². The van der Waals surface area contributed by atoms with Crippen LogP contribution in [0.5, 0.6) is 17.2 Å². The van der Waals surface area contributed by atoms with E-state index in [-0.39, 0.29) is 56.3 Å². The highest BCUT2D eigenvalue weighted by molar-refractivity contribution is 7.93. The molecule has 12 heteroatoms. The first-order valence-electron chi connectivity index (χ1n) is 11.6. The zero-order chi connectivity index (χ0) is 24.5. The Hall–Kier alpha value is -2.73. The van der Waals surface area contributed by atoms with E-state index in [0.717, 1.165) is 43.1 Å². The van der Waals surface area contributed by atoms with Gasteiger partial charge in [0, 0.05) is 50.9 Å². The molecule has 3 aliphatic rings. The number of amides is 1. The number of fused-ring (bicyclic) bond motifs is 1. The standard InChI is InChI=1S/C24H28N2O8S.ClH/c27-23(25-28)24(9-13-31-14-10-24)35(29,30)20-4-1-17(2-5-20)26-11-7-18(8-12-26)34-19-3-6-21-22(15-19)33-16-32-21;/h1-6,15,18,28H,7-14,16H2,(H,25,27);1H. The van der Waals surface area contributed by atoms with E-state index in [1.165, 1.54) is 12.1 Å². The SMILES string of the molecule is Cl.O=C(NO)C1(S(=O)(=O)c2ccc(N3CCC(Oc4ccc5c(c4)OCO5)CC3)cc2)CCOCC1. The summed E-state index contributed by atoms with van der Waals surface area (Å²) in [5.41, 5.74) is 2.44. The van der Waals surface area contributed by atoms with E-state index in [9.17, 15) is 18.4 Å². The largest absolute Gasteiger partial charge is 0.490 e. The van der Waals surface area contributed by atoms with Gasteiger partial charge in [-0.15, -0.1) is 12.4 Å². The first kappa shape index (κ1) is 26.3. The molecule has 2 fully saturated rings. The average molecular weight is 541 g/mol. The molecule has 36 heavy (non-hydrogen) atoms. The summed E-state index contributed by atoms with van der Waals surface area (Å²) in [6.45, 7) is 2.01. The first-order valence-corrected chi connectivity index (χ1v) is 13.1. The van der Waals surface area contributed by atoms with Crippen LogP contribution in [0, 0.1) is 0 Å². The molecule has 0 spiro atoms. The van der Waals surface area contributed by atoms with Gasteiger partial charge >= 0.3 is 0 Å². The van der Waals surface area contributed by atoms with Crippen molar-refractivity contribution in [3.63, 3.8) is 0 Å². The number of benzene rings is 2. The minimum atomic E-state index is -4.04. The van der Waals surface area contributed by atoms with Gasteiger partial charge in [-0.3, -0.25) is 10.0 Å². The van der Waals surface area contributed by atoms with Crippen molar-refractivity contribution in [2.75, 3.05) is 38.0 Å². The lowest BCUT2D eigenvalue weighted by atomic mass is 9.98. The first-order chi connectivity index (χ1) is 16.9. The minimum Gasteiger partial charge on any atom is -0.490 e. The number of ether oxygens (including phenoxy) is 4. The zero-order valence-corrected chi connectivity index (χ0v) is 21.2. The number of halogens is 1. The third kappa shape index (κ3) is 4.80. The normalized spacial score (nSPS) is 19.3. The van der Waals surface area contributed by atoms with Crippen LogP contribution >= 0.6 is 12.4 Å². The van der Waals surface area contributed by atoms with E-state index in [0.29, 0.717) is 5.75 Å². The summed E-state index contributed by atoms with van der Waals surface area (Å²) in [7, 11) is -4.04. The Morgan fingerprint density at radius 1 is 1.03 bits per heavy atom. The average Bonchev–Trinajstić information content (AvgIpc) is 3.37. The molecule has 2 saturated heterocycles. The highest BCUT2D eigenvalue weighted by Crippen LogP contribution is 2.37. The summed E-state index contributed by atoms with van der Waals surface area (Å²) >= 11 is 0. The number of carbonyl (C=O) groups is 1. The monoisotopic (exact) mass is 540 g/mol. The molecule has 2 aromatic rings. The van der Waals surface area contributed by atoms with Crippen LogP contribution < -0.4 is 24.6 Å². The summed E-state index contributed by atoms with van der Waals surface area (Å²) in [6.07, 6.45) is 1.67. The molecule has 0 unspecified atom stereocenters. The third-order valence-electron chi connectivity index (χ3n) is 6.93. The van der Waals surface area contributed by atoms with E-state index in [4.69, 9.17) is 18.9 Å². The van der Waals surface area contributed by atoms with E-state index in [1.807, 2.05) is 18.2 Å². The van der Waals surface area contributed by atoms with E-state index < -0.39 is 20.5 Å². The smallest absolute Gasteiger partial charge is 0.265 e. The fourth-order valence-electron chi connectivity index (χ4n) is 4.86. The second kappa shape index (κ2) is 10.7. The quantitative estimate of drug-likeness (QED) is 0.420. The number of nitrogens with one attached hydrogen (secondary N) is 1. The Labute approximate surface area is 215 Å². The van der Waals surface area contributed by atoms with Gasteiger partial charge in [-0.05, 0) is 49.2 Å². The minimum absolute atomic E-state index is 0. The van der Waals surface area contributed by atoms with E-state index in [2.05, 4.69) is 4.90 Å². The van der Waals surface area contributed by atoms with Crippen LogP contribution in [0.1, 0.15) is 25.7 Å². The van der Waals surface area contributed by atoms with Gasteiger partial charge in [-0.25, -0.2) is 13.9 Å². The molecule has 2 N–H and O–H groups in total. The van der Waals surface area contributed by atoms with Crippen LogP contribution in [-0.4, -0.2) is 63.5 Å². The number of hydroxylamine groups is 1. The fraction of sp³-hybridized carbons (Fsp3) is 0.458. The second-order valence-corrected chi connectivity index (χ2v) is 11.1. The molecule has 0 atom stereocenters. The lowest BCUT2D eigenvalue weighted by Gasteiger charge is -2.35. The summed E-state index contributed by atoms with van der Waals surface area (Å²) in [4.78, 5) is 14.6. The highest BCUT2D eigenvalue weighted by atomic mass is 35.5. The van der Waals surface area contributed by atoms with Gasteiger partial charge in [0.1, 0.15) is 11.9 Å². The molecule has 0 saturated carbocycles. The number of rotatable bonds is 6. The molecule has 196 valence electrons. The molecular formula is C24H29ClN2O8S. The molecule has 3 heterocycles. The van der Waals surface area contributed by atoms with Crippen LogP contribution in [0.4, 0.5) is 5.69 Å².